The molecule has 0 rings (SSSR count). The highest BCUT2D eigenvalue weighted by Gasteiger charge is 2.19. The van der Waals surface area contributed by atoms with E-state index in [1.54, 1.807) is 11.8 Å². The highest BCUT2D eigenvalue weighted by atomic mass is 32.2. The highest BCUT2D eigenvalue weighted by molar-refractivity contribution is 7.99. The first kappa shape index (κ1) is 17.3. The van der Waals surface area contributed by atoms with E-state index in [1.807, 2.05) is 27.0 Å². The van der Waals surface area contributed by atoms with Crippen LogP contribution in [0.25, 0.3) is 0 Å². The molecule has 0 heterocycles. The zero-order valence-electron chi connectivity index (χ0n) is 12.3. The molecule has 0 aromatic heterocycles. The second kappa shape index (κ2) is 7.02. The lowest BCUT2D eigenvalue weighted by Crippen LogP contribution is -2.36. The summed E-state index contributed by atoms with van der Waals surface area (Å²) >= 11 is 1.69. The van der Waals surface area contributed by atoms with E-state index in [9.17, 15) is 9.59 Å². The molecule has 0 aliphatic carbocycles. The molecule has 0 saturated heterocycles. The number of esters is 1. The van der Waals surface area contributed by atoms with E-state index in [0.29, 0.717) is 6.54 Å². The van der Waals surface area contributed by atoms with E-state index in [4.69, 9.17) is 4.74 Å². The van der Waals surface area contributed by atoms with Crippen molar-refractivity contribution < 1.29 is 14.3 Å². The topological polar surface area (TPSA) is 55.4 Å². The Morgan fingerprint density at radius 1 is 1.11 bits per heavy atom. The van der Waals surface area contributed by atoms with Crippen LogP contribution in [0, 0.1) is 0 Å². The molecule has 0 radical (unpaired) electrons. The summed E-state index contributed by atoms with van der Waals surface area (Å²) in [5, 5.41) is 2.82. The largest absolute Gasteiger partial charge is 0.460 e. The minimum absolute atomic E-state index is 0.0155. The van der Waals surface area contributed by atoms with Gasteiger partial charge in [0.05, 0.1) is 6.42 Å². The van der Waals surface area contributed by atoms with E-state index >= 15 is 0 Å². The summed E-state index contributed by atoms with van der Waals surface area (Å²) in [5.41, 5.74) is -0.492. The summed E-state index contributed by atoms with van der Waals surface area (Å²) in [6.45, 7) is 10.2. The second-order valence-electron chi connectivity index (χ2n) is 5.83. The quantitative estimate of drug-likeness (QED) is 0.756. The van der Waals surface area contributed by atoms with Gasteiger partial charge in [-0.05, 0) is 40.9 Å². The van der Waals surface area contributed by atoms with Gasteiger partial charge in [0.15, 0.2) is 0 Å². The van der Waals surface area contributed by atoms with Crippen LogP contribution in [-0.4, -0.2) is 35.0 Å². The highest BCUT2D eigenvalue weighted by Crippen LogP contribution is 2.19. The van der Waals surface area contributed by atoms with Gasteiger partial charge in [-0.3, -0.25) is 9.59 Å². The SMILES string of the molecule is CSC(C)(C)CNC(=O)CCC(=O)OC(C)(C)C. The second-order valence-corrected chi connectivity index (χ2v) is 7.34. The van der Waals surface area contributed by atoms with Crippen molar-refractivity contribution in [3.8, 4) is 0 Å². The standard InChI is InChI=1S/C13H25NO3S/c1-12(2,3)17-11(16)8-7-10(15)14-9-13(4,5)18-6/h7-9H2,1-6H3,(H,14,15). The molecule has 1 N–H and O–H groups in total. The molecule has 0 aromatic rings. The van der Waals surface area contributed by atoms with E-state index in [2.05, 4.69) is 19.2 Å². The molecule has 5 heteroatoms. The lowest BCUT2D eigenvalue weighted by Gasteiger charge is -2.22. The molecule has 4 nitrogen and oxygen atoms in total. The van der Waals surface area contributed by atoms with Gasteiger partial charge in [-0.1, -0.05) is 0 Å². The Morgan fingerprint density at radius 3 is 2.11 bits per heavy atom. The number of carbonyl (C=O) groups is 2. The van der Waals surface area contributed by atoms with Crippen LogP contribution in [0.1, 0.15) is 47.5 Å². The normalized spacial score (nSPS) is 12.1. The molecule has 0 spiro atoms. The zero-order valence-corrected chi connectivity index (χ0v) is 13.1. The first-order chi connectivity index (χ1) is 8.06. The minimum atomic E-state index is -0.492. The molecular formula is C13H25NO3S. The van der Waals surface area contributed by atoms with Crippen molar-refractivity contribution in [2.75, 3.05) is 12.8 Å². The summed E-state index contributed by atoms with van der Waals surface area (Å²) in [5.74, 6) is -0.440. The van der Waals surface area contributed by atoms with Crippen molar-refractivity contribution in [2.24, 2.45) is 0 Å². The number of ether oxygens (including phenoxy) is 1. The molecule has 0 aliphatic rings. The number of amides is 1. The van der Waals surface area contributed by atoms with E-state index in [-0.39, 0.29) is 29.5 Å². The molecule has 0 aromatic carbocycles. The summed E-state index contributed by atoms with van der Waals surface area (Å²) in [7, 11) is 0. The Labute approximate surface area is 114 Å². The predicted octanol–water partition coefficient (Wildman–Crippen LogP) is 2.37. The fourth-order valence-electron chi connectivity index (χ4n) is 1.08. The maximum atomic E-state index is 11.5. The Bertz CT molecular complexity index is 295. The number of thioether (sulfide) groups is 1. The molecule has 0 unspecified atom stereocenters. The van der Waals surface area contributed by atoms with Gasteiger partial charge >= 0.3 is 5.97 Å². The Kier molecular flexibility index (Phi) is 6.74. The van der Waals surface area contributed by atoms with Gasteiger partial charge in [0.2, 0.25) is 5.91 Å². The Hall–Kier alpha value is -0.710. The van der Waals surface area contributed by atoms with Crippen molar-refractivity contribution in [3.05, 3.63) is 0 Å². The summed E-state index contributed by atoms with van der Waals surface area (Å²) in [6.07, 6.45) is 2.31. The smallest absolute Gasteiger partial charge is 0.306 e. The molecule has 0 fully saturated rings. The number of rotatable bonds is 6. The third-order valence-corrected chi connectivity index (χ3v) is 3.49. The molecule has 106 valence electrons. The Balaban J connectivity index is 3.88. The van der Waals surface area contributed by atoms with Crippen LogP contribution in [-0.2, 0) is 14.3 Å². The zero-order chi connectivity index (χ0) is 14.4. The number of hydrogen-bond donors (Lipinski definition) is 1. The van der Waals surface area contributed by atoms with Crippen molar-refractivity contribution in [1.82, 2.24) is 5.32 Å². The van der Waals surface area contributed by atoms with Crippen LogP contribution in [0.15, 0.2) is 0 Å². The molecule has 1 amide bonds. The van der Waals surface area contributed by atoms with Gasteiger partial charge in [-0.15, -0.1) is 0 Å². The Morgan fingerprint density at radius 2 is 1.67 bits per heavy atom. The van der Waals surface area contributed by atoms with Crippen molar-refractivity contribution in [1.29, 1.82) is 0 Å². The van der Waals surface area contributed by atoms with Crippen LogP contribution < -0.4 is 5.32 Å². The lowest BCUT2D eigenvalue weighted by atomic mass is 10.2. The summed E-state index contributed by atoms with van der Waals surface area (Å²) < 4.78 is 5.15. The summed E-state index contributed by atoms with van der Waals surface area (Å²) in [4.78, 5) is 23.0. The summed E-state index contributed by atoms with van der Waals surface area (Å²) in [6, 6.07) is 0. The fourth-order valence-corrected chi connectivity index (χ4v) is 1.30. The predicted molar refractivity (Wildman–Crippen MR) is 75.7 cm³/mol. The molecule has 0 atom stereocenters. The van der Waals surface area contributed by atoms with E-state index in [1.165, 1.54) is 0 Å². The average Bonchev–Trinajstić information content (AvgIpc) is 2.21. The van der Waals surface area contributed by atoms with Gasteiger partial charge in [0.25, 0.3) is 0 Å². The van der Waals surface area contributed by atoms with Crippen molar-refractivity contribution in [3.63, 3.8) is 0 Å². The van der Waals surface area contributed by atoms with Gasteiger partial charge in [-0.2, -0.15) is 11.8 Å². The van der Waals surface area contributed by atoms with Crippen LogP contribution in [0.4, 0.5) is 0 Å². The molecule has 0 aliphatic heterocycles. The lowest BCUT2D eigenvalue weighted by molar-refractivity contribution is -0.155. The first-order valence-corrected chi connectivity index (χ1v) is 7.32. The van der Waals surface area contributed by atoms with Gasteiger partial charge in [-0.25, -0.2) is 0 Å². The van der Waals surface area contributed by atoms with Gasteiger partial charge in [0, 0.05) is 17.7 Å². The van der Waals surface area contributed by atoms with E-state index in [0.717, 1.165) is 0 Å². The maximum Gasteiger partial charge on any atom is 0.306 e. The maximum absolute atomic E-state index is 11.5. The number of carbonyl (C=O) groups excluding carboxylic acids is 2. The molecule has 0 bridgehead atoms. The van der Waals surface area contributed by atoms with E-state index < -0.39 is 5.60 Å². The monoisotopic (exact) mass is 275 g/mol. The van der Waals surface area contributed by atoms with Crippen LogP contribution in [0.3, 0.4) is 0 Å². The van der Waals surface area contributed by atoms with Gasteiger partial charge < -0.3 is 10.1 Å². The first-order valence-electron chi connectivity index (χ1n) is 6.09. The van der Waals surface area contributed by atoms with Crippen LogP contribution >= 0.6 is 11.8 Å². The minimum Gasteiger partial charge on any atom is -0.460 e. The fraction of sp³-hybridized carbons (Fsp3) is 0.846. The van der Waals surface area contributed by atoms with Crippen LogP contribution in [0.5, 0.6) is 0 Å². The van der Waals surface area contributed by atoms with Crippen molar-refractivity contribution in [2.45, 2.75) is 57.8 Å². The van der Waals surface area contributed by atoms with Crippen molar-refractivity contribution >= 4 is 23.6 Å². The van der Waals surface area contributed by atoms with Gasteiger partial charge in [0.1, 0.15) is 5.60 Å². The van der Waals surface area contributed by atoms with Crippen LogP contribution in [0.2, 0.25) is 0 Å². The third-order valence-electron chi connectivity index (χ3n) is 2.24. The molecular weight excluding hydrogens is 250 g/mol. The number of nitrogens with one attached hydrogen (secondary N) is 1. The molecule has 18 heavy (non-hydrogen) atoms. The molecule has 0 saturated carbocycles. The number of hydrogen-bond acceptors (Lipinski definition) is 4. The average molecular weight is 275 g/mol. The third kappa shape index (κ3) is 9.33.